The minimum Gasteiger partial charge on any atom is -0.467 e. The van der Waals surface area contributed by atoms with Crippen LogP contribution in [0.4, 0.5) is 5.69 Å². The number of esters is 1. The Morgan fingerprint density at radius 1 is 1.35 bits per heavy atom. The van der Waals surface area contributed by atoms with E-state index in [1.54, 1.807) is 0 Å². The van der Waals surface area contributed by atoms with E-state index in [2.05, 4.69) is 15.4 Å². The van der Waals surface area contributed by atoms with Gasteiger partial charge in [-0.25, -0.2) is 4.79 Å². The van der Waals surface area contributed by atoms with Crippen LogP contribution in [0.2, 0.25) is 0 Å². The first-order valence-corrected chi connectivity index (χ1v) is 6.75. The van der Waals surface area contributed by atoms with Crippen LogP contribution < -0.4 is 10.6 Å². The Morgan fingerprint density at radius 2 is 2.04 bits per heavy atom. The van der Waals surface area contributed by atoms with E-state index in [-0.39, 0.29) is 24.2 Å². The molecule has 0 spiro atoms. The predicted molar refractivity (Wildman–Crippen MR) is 79.7 cm³/mol. The maximum absolute atomic E-state index is 11.8. The number of hydrogen-bond acceptors (Lipinski definition) is 6. The summed E-state index contributed by atoms with van der Waals surface area (Å²) in [7, 11) is 1.21. The number of carbonyl (C=O) groups is 3. The lowest BCUT2D eigenvalue weighted by Crippen LogP contribution is -2.40. The van der Waals surface area contributed by atoms with Gasteiger partial charge in [0.25, 0.3) is 11.6 Å². The molecule has 0 unspecified atom stereocenters. The molecule has 124 valence electrons. The average Bonchev–Trinajstić information content (AvgIpc) is 2.53. The molecule has 9 heteroatoms. The Bertz CT molecular complexity index is 616. The molecule has 23 heavy (non-hydrogen) atoms. The van der Waals surface area contributed by atoms with Gasteiger partial charge in [-0.1, -0.05) is 6.07 Å². The third kappa shape index (κ3) is 5.73. The SMILES string of the molecule is COC(=O)[C@H](C)NC(=O)CCNC(=O)c1cccc([N+](=O)[O-])c1. The van der Waals surface area contributed by atoms with Gasteiger partial charge in [-0.3, -0.25) is 19.7 Å². The molecule has 0 radical (unpaired) electrons. The summed E-state index contributed by atoms with van der Waals surface area (Å²) in [6, 6.07) is 4.48. The highest BCUT2D eigenvalue weighted by atomic mass is 16.6. The fraction of sp³-hybridized carbons (Fsp3) is 0.357. The number of nitrogens with zero attached hydrogens (tertiary/aromatic N) is 1. The molecule has 1 aromatic carbocycles. The van der Waals surface area contributed by atoms with E-state index in [1.165, 1.54) is 32.2 Å². The molecule has 2 amide bonds. The lowest BCUT2D eigenvalue weighted by atomic mass is 10.2. The van der Waals surface area contributed by atoms with Gasteiger partial charge >= 0.3 is 5.97 Å². The highest BCUT2D eigenvalue weighted by Gasteiger charge is 2.16. The van der Waals surface area contributed by atoms with Gasteiger partial charge in [0, 0.05) is 30.7 Å². The lowest BCUT2D eigenvalue weighted by Gasteiger charge is -2.11. The molecule has 0 aliphatic carbocycles. The van der Waals surface area contributed by atoms with Gasteiger partial charge in [-0.05, 0) is 13.0 Å². The summed E-state index contributed by atoms with van der Waals surface area (Å²) in [6.45, 7) is 1.51. The normalized spacial score (nSPS) is 11.2. The Hall–Kier alpha value is -2.97. The second kappa shape index (κ2) is 8.47. The molecule has 0 aliphatic rings. The summed E-state index contributed by atoms with van der Waals surface area (Å²) in [6.07, 6.45) is -0.0397. The quantitative estimate of drug-likeness (QED) is 0.424. The number of nitrogens with one attached hydrogen (secondary N) is 2. The number of nitro groups is 1. The third-order valence-corrected chi connectivity index (χ3v) is 2.89. The number of carbonyl (C=O) groups excluding carboxylic acids is 3. The first kappa shape index (κ1) is 18.1. The van der Waals surface area contributed by atoms with Crippen LogP contribution in [0.25, 0.3) is 0 Å². The van der Waals surface area contributed by atoms with Gasteiger partial charge in [0.2, 0.25) is 5.91 Å². The molecular weight excluding hydrogens is 306 g/mol. The molecule has 0 bridgehead atoms. The standard InChI is InChI=1S/C14H17N3O6/c1-9(14(20)23-2)16-12(18)6-7-15-13(19)10-4-3-5-11(8-10)17(21)22/h3-5,8-9H,6-7H2,1-2H3,(H,15,19)(H,16,18)/t9-/m0/s1. The van der Waals surface area contributed by atoms with E-state index in [1.807, 2.05) is 0 Å². The Balaban J connectivity index is 2.45. The molecule has 1 atom stereocenters. The molecule has 1 aromatic rings. The van der Waals surface area contributed by atoms with Crippen LogP contribution in [0.15, 0.2) is 24.3 Å². The van der Waals surface area contributed by atoms with Crippen molar-refractivity contribution < 1.29 is 24.0 Å². The molecule has 0 aromatic heterocycles. The van der Waals surface area contributed by atoms with E-state index < -0.39 is 28.7 Å². The molecule has 0 saturated carbocycles. The van der Waals surface area contributed by atoms with Crippen molar-refractivity contribution in [2.45, 2.75) is 19.4 Å². The average molecular weight is 323 g/mol. The molecule has 0 fully saturated rings. The van der Waals surface area contributed by atoms with Crippen molar-refractivity contribution in [1.29, 1.82) is 0 Å². The van der Waals surface area contributed by atoms with Crippen molar-refractivity contribution in [1.82, 2.24) is 10.6 Å². The molecule has 0 heterocycles. The first-order valence-electron chi connectivity index (χ1n) is 6.75. The summed E-state index contributed by atoms with van der Waals surface area (Å²) < 4.78 is 4.47. The third-order valence-electron chi connectivity index (χ3n) is 2.89. The number of nitro benzene ring substituents is 1. The minimum atomic E-state index is -0.778. The van der Waals surface area contributed by atoms with Gasteiger partial charge in [-0.2, -0.15) is 0 Å². The molecule has 2 N–H and O–H groups in total. The van der Waals surface area contributed by atoms with Crippen molar-refractivity contribution in [3.63, 3.8) is 0 Å². The fourth-order valence-corrected chi connectivity index (χ4v) is 1.70. The highest BCUT2D eigenvalue weighted by Crippen LogP contribution is 2.12. The summed E-state index contributed by atoms with van der Waals surface area (Å²) in [4.78, 5) is 44.6. The Labute approximate surface area is 132 Å². The zero-order valence-electron chi connectivity index (χ0n) is 12.7. The zero-order valence-corrected chi connectivity index (χ0v) is 12.7. The second-order valence-electron chi connectivity index (χ2n) is 4.63. The molecular formula is C14H17N3O6. The van der Waals surface area contributed by atoms with E-state index in [0.29, 0.717) is 0 Å². The van der Waals surface area contributed by atoms with E-state index in [0.717, 1.165) is 6.07 Å². The number of amides is 2. The summed E-state index contributed by atoms with van der Waals surface area (Å²) in [5.41, 5.74) is -0.0650. The smallest absolute Gasteiger partial charge is 0.328 e. The summed E-state index contributed by atoms with van der Waals surface area (Å²) in [5, 5.41) is 15.5. The zero-order chi connectivity index (χ0) is 17.4. The van der Waals surface area contributed by atoms with Crippen LogP contribution in [0, 0.1) is 10.1 Å². The van der Waals surface area contributed by atoms with Crippen molar-refractivity contribution in [2.24, 2.45) is 0 Å². The van der Waals surface area contributed by atoms with Crippen molar-refractivity contribution in [3.05, 3.63) is 39.9 Å². The van der Waals surface area contributed by atoms with Crippen LogP contribution in [0.1, 0.15) is 23.7 Å². The number of hydrogen-bond donors (Lipinski definition) is 2. The number of methoxy groups -OCH3 is 1. The predicted octanol–water partition coefficient (Wildman–Crippen LogP) is 0.392. The maximum Gasteiger partial charge on any atom is 0.328 e. The van der Waals surface area contributed by atoms with E-state index in [4.69, 9.17) is 0 Å². The van der Waals surface area contributed by atoms with E-state index >= 15 is 0 Å². The summed E-state index contributed by atoms with van der Waals surface area (Å²) >= 11 is 0. The second-order valence-corrected chi connectivity index (χ2v) is 4.63. The molecule has 0 aliphatic heterocycles. The van der Waals surface area contributed by atoms with Crippen LogP contribution in [0.5, 0.6) is 0 Å². The number of rotatable bonds is 7. The van der Waals surface area contributed by atoms with Gasteiger partial charge < -0.3 is 15.4 Å². The topological polar surface area (TPSA) is 128 Å². The van der Waals surface area contributed by atoms with Crippen molar-refractivity contribution >= 4 is 23.5 Å². The largest absolute Gasteiger partial charge is 0.467 e. The lowest BCUT2D eigenvalue weighted by molar-refractivity contribution is -0.384. The van der Waals surface area contributed by atoms with Crippen LogP contribution in [0.3, 0.4) is 0 Å². The first-order chi connectivity index (χ1) is 10.8. The van der Waals surface area contributed by atoms with Gasteiger partial charge in [0.05, 0.1) is 12.0 Å². The molecule has 1 rings (SSSR count). The monoisotopic (exact) mass is 323 g/mol. The van der Waals surface area contributed by atoms with Crippen molar-refractivity contribution in [3.8, 4) is 0 Å². The molecule has 9 nitrogen and oxygen atoms in total. The van der Waals surface area contributed by atoms with E-state index in [9.17, 15) is 24.5 Å². The fourth-order valence-electron chi connectivity index (χ4n) is 1.70. The highest BCUT2D eigenvalue weighted by molar-refractivity contribution is 5.95. The minimum absolute atomic E-state index is 0.0290. The molecule has 0 saturated heterocycles. The van der Waals surface area contributed by atoms with Crippen molar-refractivity contribution in [2.75, 3.05) is 13.7 Å². The number of ether oxygens (including phenoxy) is 1. The van der Waals surface area contributed by atoms with Gasteiger partial charge in [0.1, 0.15) is 6.04 Å². The maximum atomic E-state index is 11.8. The van der Waals surface area contributed by atoms with Crippen LogP contribution >= 0.6 is 0 Å². The Kier molecular flexibility index (Phi) is 6.66. The van der Waals surface area contributed by atoms with Gasteiger partial charge in [-0.15, -0.1) is 0 Å². The summed E-state index contributed by atoms with van der Waals surface area (Å²) in [5.74, 6) is -1.52. The van der Waals surface area contributed by atoms with Crippen LogP contribution in [-0.4, -0.2) is 42.4 Å². The van der Waals surface area contributed by atoms with Gasteiger partial charge in [0.15, 0.2) is 0 Å². The number of non-ortho nitro benzene ring substituents is 1. The van der Waals surface area contributed by atoms with Crippen LogP contribution in [-0.2, 0) is 14.3 Å². The number of benzene rings is 1. The Morgan fingerprint density at radius 3 is 2.65 bits per heavy atom.